The van der Waals surface area contributed by atoms with Crippen molar-refractivity contribution in [3.8, 4) is 0 Å². The maximum Gasteiger partial charge on any atom is 0.412 e. The SMILES string of the molecule is CC(C)OC(=O)c1ncc(Cc2ccc(F)cc2)c(Br)c1NC(=O)OC(C)(C)C. The number of pyridine rings is 1. The van der Waals surface area contributed by atoms with E-state index in [9.17, 15) is 14.0 Å². The van der Waals surface area contributed by atoms with Crippen molar-refractivity contribution < 1.29 is 23.5 Å². The van der Waals surface area contributed by atoms with Gasteiger partial charge in [-0.3, -0.25) is 5.32 Å². The van der Waals surface area contributed by atoms with Gasteiger partial charge in [0.2, 0.25) is 0 Å². The van der Waals surface area contributed by atoms with Crippen LogP contribution < -0.4 is 5.32 Å². The normalized spacial score (nSPS) is 11.3. The minimum absolute atomic E-state index is 0.0423. The molecular weight excluding hydrogens is 443 g/mol. The smallest absolute Gasteiger partial charge is 0.412 e. The molecule has 0 saturated carbocycles. The van der Waals surface area contributed by atoms with E-state index >= 15 is 0 Å². The lowest BCUT2D eigenvalue weighted by Gasteiger charge is -2.21. The number of aromatic nitrogens is 1. The first kappa shape index (κ1) is 22.8. The molecule has 2 rings (SSSR count). The van der Waals surface area contributed by atoms with E-state index in [1.165, 1.54) is 18.3 Å². The molecule has 29 heavy (non-hydrogen) atoms. The summed E-state index contributed by atoms with van der Waals surface area (Å²) in [7, 11) is 0. The van der Waals surface area contributed by atoms with Gasteiger partial charge in [-0.2, -0.15) is 0 Å². The van der Waals surface area contributed by atoms with E-state index in [-0.39, 0.29) is 23.3 Å². The van der Waals surface area contributed by atoms with Crippen molar-refractivity contribution in [3.05, 3.63) is 57.6 Å². The third-order valence-electron chi connectivity index (χ3n) is 3.56. The van der Waals surface area contributed by atoms with E-state index in [4.69, 9.17) is 9.47 Å². The Morgan fingerprint density at radius 2 is 1.83 bits per heavy atom. The van der Waals surface area contributed by atoms with E-state index in [0.29, 0.717) is 16.5 Å². The molecule has 0 fully saturated rings. The van der Waals surface area contributed by atoms with Gasteiger partial charge < -0.3 is 9.47 Å². The zero-order valence-electron chi connectivity index (χ0n) is 17.0. The highest BCUT2D eigenvalue weighted by molar-refractivity contribution is 9.10. The lowest BCUT2D eigenvalue weighted by molar-refractivity contribution is 0.0372. The van der Waals surface area contributed by atoms with Crippen molar-refractivity contribution in [1.82, 2.24) is 4.98 Å². The summed E-state index contributed by atoms with van der Waals surface area (Å²) in [4.78, 5) is 29.0. The van der Waals surface area contributed by atoms with Crippen LogP contribution in [0.25, 0.3) is 0 Å². The monoisotopic (exact) mass is 466 g/mol. The Morgan fingerprint density at radius 3 is 2.38 bits per heavy atom. The first-order valence-corrected chi connectivity index (χ1v) is 9.88. The summed E-state index contributed by atoms with van der Waals surface area (Å²) >= 11 is 3.45. The number of ether oxygens (including phenoxy) is 2. The number of esters is 1. The Bertz CT molecular complexity index is 893. The summed E-state index contributed by atoms with van der Waals surface area (Å²) in [5, 5.41) is 2.59. The third kappa shape index (κ3) is 6.81. The number of hydrogen-bond donors (Lipinski definition) is 1. The molecule has 0 bridgehead atoms. The van der Waals surface area contributed by atoms with Crippen LogP contribution in [-0.4, -0.2) is 28.8 Å². The van der Waals surface area contributed by atoms with Crippen LogP contribution in [0.1, 0.15) is 56.2 Å². The molecule has 0 atom stereocenters. The van der Waals surface area contributed by atoms with E-state index in [1.54, 1.807) is 46.8 Å². The lowest BCUT2D eigenvalue weighted by Crippen LogP contribution is -2.28. The molecule has 1 aromatic heterocycles. The Kier molecular flexibility index (Phi) is 7.35. The van der Waals surface area contributed by atoms with Gasteiger partial charge in [0.1, 0.15) is 11.4 Å². The molecule has 0 unspecified atom stereocenters. The van der Waals surface area contributed by atoms with Crippen molar-refractivity contribution in [2.24, 2.45) is 0 Å². The van der Waals surface area contributed by atoms with Crippen LogP contribution in [0.4, 0.5) is 14.9 Å². The number of nitrogens with one attached hydrogen (secondary N) is 1. The first-order valence-electron chi connectivity index (χ1n) is 9.09. The molecular formula is C21H24BrFN2O4. The fourth-order valence-electron chi connectivity index (χ4n) is 2.42. The zero-order valence-corrected chi connectivity index (χ0v) is 18.6. The molecule has 156 valence electrons. The number of hydrogen-bond acceptors (Lipinski definition) is 5. The van der Waals surface area contributed by atoms with E-state index in [1.807, 2.05) is 0 Å². The highest BCUT2D eigenvalue weighted by atomic mass is 79.9. The highest BCUT2D eigenvalue weighted by Gasteiger charge is 2.25. The Morgan fingerprint density at radius 1 is 1.21 bits per heavy atom. The van der Waals surface area contributed by atoms with Gasteiger partial charge in [-0.15, -0.1) is 0 Å². The highest BCUT2D eigenvalue weighted by Crippen LogP contribution is 2.31. The van der Waals surface area contributed by atoms with Gasteiger partial charge in [-0.05, 0) is 73.8 Å². The van der Waals surface area contributed by atoms with Crippen LogP contribution >= 0.6 is 15.9 Å². The fraction of sp³-hybridized carbons (Fsp3) is 0.381. The van der Waals surface area contributed by atoms with Crippen LogP contribution in [0.2, 0.25) is 0 Å². The van der Waals surface area contributed by atoms with Crippen LogP contribution in [0, 0.1) is 5.82 Å². The van der Waals surface area contributed by atoms with Crippen molar-refractivity contribution in [1.29, 1.82) is 0 Å². The molecule has 0 aliphatic heterocycles. The van der Waals surface area contributed by atoms with Gasteiger partial charge >= 0.3 is 12.1 Å². The summed E-state index contributed by atoms with van der Waals surface area (Å²) in [5.74, 6) is -0.995. The largest absolute Gasteiger partial charge is 0.458 e. The van der Waals surface area contributed by atoms with E-state index in [2.05, 4.69) is 26.2 Å². The summed E-state index contributed by atoms with van der Waals surface area (Å²) in [6.45, 7) is 8.64. The van der Waals surface area contributed by atoms with Gasteiger partial charge in [0.25, 0.3) is 0 Å². The average Bonchev–Trinajstić information content (AvgIpc) is 2.58. The van der Waals surface area contributed by atoms with Crippen LogP contribution in [-0.2, 0) is 15.9 Å². The van der Waals surface area contributed by atoms with Crippen molar-refractivity contribution in [3.63, 3.8) is 0 Å². The van der Waals surface area contributed by atoms with Crippen LogP contribution in [0.5, 0.6) is 0 Å². The molecule has 6 nitrogen and oxygen atoms in total. The lowest BCUT2D eigenvalue weighted by atomic mass is 10.1. The van der Waals surface area contributed by atoms with Gasteiger partial charge in [0, 0.05) is 17.1 Å². The quantitative estimate of drug-likeness (QED) is 0.589. The minimum Gasteiger partial charge on any atom is -0.458 e. The van der Waals surface area contributed by atoms with Gasteiger partial charge in [-0.25, -0.2) is 19.0 Å². The molecule has 1 aromatic carbocycles. The van der Waals surface area contributed by atoms with Crippen molar-refractivity contribution in [2.45, 2.75) is 52.7 Å². The zero-order chi connectivity index (χ0) is 21.8. The van der Waals surface area contributed by atoms with E-state index in [0.717, 1.165) is 5.56 Å². The number of carbonyl (C=O) groups excluding carboxylic acids is 2. The summed E-state index contributed by atoms with van der Waals surface area (Å²) in [6, 6.07) is 6.04. The van der Waals surface area contributed by atoms with Crippen LogP contribution in [0.3, 0.4) is 0 Å². The van der Waals surface area contributed by atoms with Gasteiger partial charge in [0.15, 0.2) is 5.69 Å². The fourth-order valence-corrected chi connectivity index (χ4v) is 2.95. The first-order chi connectivity index (χ1) is 13.5. The molecule has 0 saturated heterocycles. The maximum absolute atomic E-state index is 13.2. The molecule has 8 heteroatoms. The summed E-state index contributed by atoms with van der Waals surface area (Å²) in [6.07, 6.45) is 0.856. The standard InChI is InChI=1S/C21H24BrFN2O4/c1-12(2)28-19(26)18-17(25-20(27)29-21(3,4)5)16(22)14(11-24-18)10-13-6-8-15(23)9-7-13/h6-9,11-12H,10H2,1-5H3,(H,25,27). The number of anilines is 1. The predicted octanol–water partition coefficient (Wildman–Crippen LogP) is 5.49. The molecule has 0 aliphatic carbocycles. The second kappa shape index (κ2) is 9.35. The Hall–Kier alpha value is -2.48. The second-order valence-corrected chi connectivity index (χ2v) is 8.50. The molecule has 0 spiro atoms. The average molecular weight is 467 g/mol. The Balaban J connectivity index is 2.41. The number of rotatable bonds is 5. The van der Waals surface area contributed by atoms with Gasteiger partial charge in [0.05, 0.1) is 11.8 Å². The maximum atomic E-state index is 13.2. The number of amides is 1. The number of benzene rings is 1. The number of nitrogens with zero attached hydrogens (tertiary/aromatic N) is 1. The summed E-state index contributed by atoms with van der Waals surface area (Å²) in [5.41, 5.74) is 0.941. The van der Waals surface area contributed by atoms with Crippen molar-refractivity contribution in [2.75, 3.05) is 5.32 Å². The molecule has 1 N–H and O–H groups in total. The molecule has 2 aromatic rings. The van der Waals surface area contributed by atoms with Crippen molar-refractivity contribution >= 4 is 33.7 Å². The molecule has 1 amide bonds. The molecule has 0 radical (unpaired) electrons. The van der Waals surface area contributed by atoms with Gasteiger partial charge in [-0.1, -0.05) is 12.1 Å². The molecule has 0 aliphatic rings. The Labute approximate surface area is 177 Å². The second-order valence-electron chi connectivity index (χ2n) is 7.71. The van der Waals surface area contributed by atoms with Crippen LogP contribution in [0.15, 0.2) is 34.9 Å². The third-order valence-corrected chi connectivity index (χ3v) is 4.46. The number of halogens is 2. The number of carbonyl (C=O) groups is 2. The van der Waals surface area contributed by atoms with E-state index < -0.39 is 17.7 Å². The molecule has 1 heterocycles. The minimum atomic E-state index is -0.725. The summed E-state index contributed by atoms with van der Waals surface area (Å²) < 4.78 is 24.2. The topological polar surface area (TPSA) is 77.5 Å². The predicted molar refractivity (Wildman–Crippen MR) is 112 cm³/mol.